The van der Waals surface area contributed by atoms with Gasteiger partial charge in [0.1, 0.15) is 0 Å². The molecule has 0 aliphatic carbocycles. The third-order valence-corrected chi connectivity index (χ3v) is 4.93. The van der Waals surface area contributed by atoms with E-state index in [-0.39, 0.29) is 17.2 Å². The molecule has 0 saturated carbocycles. The van der Waals surface area contributed by atoms with E-state index in [1.54, 1.807) is 24.3 Å². The number of hydrogen-bond acceptors (Lipinski definition) is 7. The Kier molecular flexibility index (Phi) is 5.95. The number of methoxy groups -OCH3 is 1. The first-order valence-electron chi connectivity index (χ1n) is 8.37. The number of ether oxygens (including phenoxy) is 1. The summed E-state index contributed by atoms with van der Waals surface area (Å²) in [5.74, 6) is 5.86. The summed E-state index contributed by atoms with van der Waals surface area (Å²) < 4.78 is 6.09. The summed E-state index contributed by atoms with van der Waals surface area (Å²) in [7, 11) is 1.29. The largest absolute Gasteiger partial charge is 0.465 e. The van der Waals surface area contributed by atoms with Crippen LogP contribution in [0.5, 0.6) is 0 Å². The third kappa shape index (κ3) is 4.15. The number of aryl methyl sites for hydroxylation is 1. The van der Waals surface area contributed by atoms with Crippen LogP contribution < -0.4 is 11.2 Å². The Labute approximate surface area is 166 Å². The van der Waals surface area contributed by atoms with Crippen LogP contribution in [0.1, 0.15) is 15.9 Å². The molecule has 3 rings (SSSR count). The number of esters is 1. The fourth-order valence-electron chi connectivity index (χ4n) is 2.58. The number of rotatable bonds is 6. The van der Waals surface area contributed by atoms with Gasteiger partial charge in [0.15, 0.2) is 5.82 Å². The van der Waals surface area contributed by atoms with E-state index in [4.69, 9.17) is 10.6 Å². The van der Waals surface area contributed by atoms with Crippen molar-refractivity contribution in [2.45, 2.75) is 12.1 Å². The van der Waals surface area contributed by atoms with Gasteiger partial charge in [-0.1, -0.05) is 48.2 Å². The molecular formula is C19H19N5O3S. The SMILES string of the molecule is COC(=O)c1ccccc1NC(=O)CSc1nnc(-c2ccccc2C)n1N. The summed E-state index contributed by atoms with van der Waals surface area (Å²) in [6, 6.07) is 14.3. The van der Waals surface area contributed by atoms with Gasteiger partial charge in [-0.15, -0.1) is 10.2 Å². The highest BCUT2D eigenvalue weighted by Gasteiger charge is 2.17. The van der Waals surface area contributed by atoms with E-state index >= 15 is 0 Å². The minimum absolute atomic E-state index is 0.0542. The van der Waals surface area contributed by atoms with Crippen molar-refractivity contribution in [1.29, 1.82) is 0 Å². The molecule has 0 atom stereocenters. The predicted molar refractivity (Wildman–Crippen MR) is 107 cm³/mol. The number of carbonyl (C=O) groups is 2. The van der Waals surface area contributed by atoms with Crippen molar-refractivity contribution in [3.8, 4) is 11.4 Å². The summed E-state index contributed by atoms with van der Waals surface area (Å²) in [4.78, 5) is 24.1. The summed E-state index contributed by atoms with van der Waals surface area (Å²) in [5, 5.41) is 11.3. The van der Waals surface area contributed by atoms with Crippen molar-refractivity contribution in [3.05, 3.63) is 59.7 Å². The molecule has 0 aliphatic rings. The molecule has 28 heavy (non-hydrogen) atoms. The van der Waals surface area contributed by atoms with E-state index in [1.165, 1.54) is 11.8 Å². The zero-order valence-electron chi connectivity index (χ0n) is 15.4. The highest BCUT2D eigenvalue weighted by molar-refractivity contribution is 7.99. The number of thioether (sulfide) groups is 1. The molecule has 0 saturated heterocycles. The number of anilines is 1. The minimum atomic E-state index is -0.520. The Morgan fingerprint density at radius 3 is 2.61 bits per heavy atom. The lowest BCUT2D eigenvalue weighted by molar-refractivity contribution is -0.113. The Balaban J connectivity index is 1.68. The van der Waals surface area contributed by atoms with Crippen LogP contribution in [0.2, 0.25) is 0 Å². The molecule has 9 heteroatoms. The Hall–Kier alpha value is -3.33. The van der Waals surface area contributed by atoms with Gasteiger partial charge in [-0.2, -0.15) is 0 Å². The smallest absolute Gasteiger partial charge is 0.339 e. The first-order chi connectivity index (χ1) is 13.5. The highest BCUT2D eigenvalue weighted by atomic mass is 32.2. The number of para-hydroxylation sites is 1. The van der Waals surface area contributed by atoms with Crippen LogP contribution in [0.15, 0.2) is 53.7 Å². The molecule has 0 aliphatic heterocycles. The van der Waals surface area contributed by atoms with Gasteiger partial charge in [-0.25, -0.2) is 9.47 Å². The molecule has 0 radical (unpaired) electrons. The molecule has 3 aromatic rings. The van der Waals surface area contributed by atoms with Gasteiger partial charge in [-0.05, 0) is 24.6 Å². The maximum Gasteiger partial charge on any atom is 0.339 e. The lowest BCUT2D eigenvalue weighted by Crippen LogP contribution is -2.18. The van der Waals surface area contributed by atoms with Crippen molar-refractivity contribution in [2.24, 2.45) is 0 Å². The molecule has 8 nitrogen and oxygen atoms in total. The van der Waals surface area contributed by atoms with E-state index in [1.807, 2.05) is 31.2 Å². The minimum Gasteiger partial charge on any atom is -0.465 e. The summed E-state index contributed by atoms with van der Waals surface area (Å²) >= 11 is 1.15. The fraction of sp³-hybridized carbons (Fsp3) is 0.158. The molecule has 2 aromatic carbocycles. The van der Waals surface area contributed by atoms with E-state index in [2.05, 4.69) is 15.5 Å². The molecule has 0 unspecified atom stereocenters. The topological polar surface area (TPSA) is 112 Å². The number of aromatic nitrogens is 3. The van der Waals surface area contributed by atoms with Gasteiger partial charge in [-0.3, -0.25) is 4.79 Å². The standard InChI is InChI=1S/C19H19N5O3S/c1-12-7-3-4-8-13(12)17-22-23-19(24(17)20)28-11-16(25)21-15-10-6-5-9-14(15)18(26)27-2/h3-10H,11,20H2,1-2H3,(H,21,25). The van der Waals surface area contributed by atoms with E-state index < -0.39 is 5.97 Å². The van der Waals surface area contributed by atoms with Crippen LogP contribution in [0.3, 0.4) is 0 Å². The second-order valence-electron chi connectivity index (χ2n) is 5.87. The highest BCUT2D eigenvalue weighted by Crippen LogP contribution is 2.24. The number of benzene rings is 2. The number of carbonyl (C=O) groups excluding carboxylic acids is 2. The van der Waals surface area contributed by atoms with Gasteiger partial charge >= 0.3 is 5.97 Å². The number of nitrogens with two attached hydrogens (primary N) is 1. The molecular weight excluding hydrogens is 378 g/mol. The molecule has 0 fully saturated rings. The summed E-state index contributed by atoms with van der Waals surface area (Å²) in [6.07, 6.45) is 0. The molecule has 144 valence electrons. The van der Waals surface area contributed by atoms with Crippen molar-refractivity contribution < 1.29 is 14.3 Å². The van der Waals surface area contributed by atoms with Crippen LogP contribution >= 0.6 is 11.8 Å². The lowest BCUT2D eigenvalue weighted by Gasteiger charge is -2.09. The second-order valence-corrected chi connectivity index (χ2v) is 6.81. The van der Waals surface area contributed by atoms with Crippen LogP contribution in [0, 0.1) is 6.92 Å². The first kappa shape index (κ1) is 19.4. The number of amides is 1. The monoisotopic (exact) mass is 397 g/mol. The maximum atomic E-state index is 12.3. The first-order valence-corrected chi connectivity index (χ1v) is 9.36. The third-order valence-electron chi connectivity index (χ3n) is 3.99. The van der Waals surface area contributed by atoms with Gasteiger partial charge in [0.2, 0.25) is 11.1 Å². The molecule has 1 amide bonds. The van der Waals surface area contributed by atoms with Gasteiger partial charge in [0.05, 0.1) is 24.1 Å². The molecule has 1 aromatic heterocycles. The van der Waals surface area contributed by atoms with E-state index in [9.17, 15) is 9.59 Å². The molecule has 0 spiro atoms. The van der Waals surface area contributed by atoms with Crippen LogP contribution in [0.25, 0.3) is 11.4 Å². The Morgan fingerprint density at radius 1 is 1.14 bits per heavy atom. The molecule has 1 heterocycles. The number of hydrogen-bond donors (Lipinski definition) is 2. The molecule has 3 N–H and O–H groups in total. The fourth-order valence-corrected chi connectivity index (χ4v) is 3.24. The average Bonchev–Trinajstić information content (AvgIpc) is 3.07. The zero-order valence-corrected chi connectivity index (χ0v) is 16.2. The van der Waals surface area contributed by atoms with Crippen molar-refractivity contribution >= 4 is 29.3 Å². The lowest BCUT2D eigenvalue weighted by atomic mass is 10.1. The van der Waals surface area contributed by atoms with Crippen LogP contribution in [-0.2, 0) is 9.53 Å². The Bertz CT molecular complexity index is 1020. The number of nitrogen functional groups attached to an aromatic ring is 1. The average molecular weight is 397 g/mol. The van der Waals surface area contributed by atoms with Crippen molar-refractivity contribution in [1.82, 2.24) is 14.9 Å². The maximum absolute atomic E-state index is 12.3. The van der Waals surface area contributed by atoms with Gasteiger partial charge in [0, 0.05) is 5.56 Å². The van der Waals surface area contributed by atoms with Crippen molar-refractivity contribution in [2.75, 3.05) is 24.0 Å². The summed E-state index contributed by atoms with van der Waals surface area (Å²) in [5.41, 5.74) is 2.57. The normalized spacial score (nSPS) is 10.5. The van der Waals surface area contributed by atoms with E-state index in [0.717, 1.165) is 22.9 Å². The van der Waals surface area contributed by atoms with Gasteiger partial charge in [0.25, 0.3) is 0 Å². The van der Waals surface area contributed by atoms with Crippen LogP contribution in [0.4, 0.5) is 5.69 Å². The zero-order chi connectivity index (χ0) is 20.1. The second kappa shape index (κ2) is 8.57. The van der Waals surface area contributed by atoms with Crippen LogP contribution in [-0.4, -0.2) is 39.6 Å². The predicted octanol–water partition coefficient (Wildman–Crippen LogP) is 2.48. The van der Waals surface area contributed by atoms with E-state index in [0.29, 0.717) is 16.7 Å². The quantitative estimate of drug-likeness (QED) is 0.373. The summed E-state index contributed by atoms with van der Waals surface area (Å²) in [6.45, 7) is 1.96. The molecule has 0 bridgehead atoms. The van der Waals surface area contributed by atoms with Crippen molar-refractivity contribution in [3.63, 3.8) is 0 Å². The van der Waals surface area contributed by atoms with Gasteiger partial charge < -0.3 is 15.9 Å². The Morgan fingerprint density at radius 2 is 1.86 bits per heavy atom. The number of nitrogens with zero attached hydrogens (tertiary/aromatic N) is 3. The number of nitrogens with one attached hydrogen (secondary N) is 1.